The Morgan fingerprint density at radius 3 is 2.26 bits per heavy atom. The molecule has 12 heterocycles. The van der Waals surface area contributed by atoms with Gasteiger partial charge in [0, 0.05) is 51.0 Å². The van der Waals surface area contributed by atoms with Gasteiger partial charge < -0.3 is 81.2 Å². The van der Waals surface area contributed by atoms with Crippen LogP contribution in [0.5, 0.6) is 5.75 Å². The third-order valence-corrected chi connectivity index (χ3v) is 29.5. The number of methoxy groups -OCH3 is 1. The van der Waals surface area contributed by atoms with E-state index in [1.165, 1.54) is 6.08 Å². The van der Waals surface area contributed by atoms with Crippen LogP contribution in [0.3, 0.4) is 0 Å². The molecule has 12 aliphatic rings. The summed E-state index contributed by atoms with van der Waals surface area (Å²) < 4.78 is 101. The quantitative estimate of drug-likeness (QED) is 0.0704. The lowest BCUT2D eigenvalue weighted by atomic mass is 9.77. The molecule has 12 saturated heterocycles. The fourth-order valence-corrected chi connectivity index (χ4v) is 19.5. The number of ether oxygens (including phenoxy) is 14. The highest BCUT2D eigenvalue weighted by Gasteiger charge is 2.74. The number of carbonyl (C=O) groups is 3. The van der Waals surface area contributed by atoms with E-state index in [9.17, 15) is 19.5 Å². The van der Waals surface area contributed by atoms with E-state index in [2.05, 4.69) is 100 Å². The van der Waals surface area contributed by atoms with E-state index < -0.39 is 80.7 Å². The van der Waals surface area contributed by atoms with Gasteiger partial charge in [-0.05, 0) is 141 Å². The molecule has 0 aromatic heterocycles. The van der Waals surface area contributed by atoms with Crippen LogP contribution in [0.15, 0.2) is 73.4 Å². The second-order valence-electron chi connectivity index (χ2n) is 33.7. The smallest absolute Gasteiger partial charge is 0.407 e. The monoisotopic (exact) mass is 1410 g/mol. The SMILES string of the molecule is C=CCOC(=O)NC[C@H]1O[C@@H]([C@@H](C)CC(=O)C[C@H](C)[C@@H](/C=C/C(O)C[C@H]2O[C@H]3[C@H](C)[C@H]4OC(=O)C[C@H]5CC[C@@H]6O[C@@H]7[C@H]8O[C@@H]9C[C@](CC[C@H]%10CC(=C)[C@H](CC[C@H]%11C[C@@H](C)C(=C)[C@@H](C[C@@H]4O[C@H]3C[C@H]2C)O%11)O%10)(O[C@H]8[C@H]6O5)O[C@]79C)OCc2ccc(OC)cc2)[C@@H](O[Si](C)(C)C(C)(C)C)C[C@H]1C. The van der Waals surface area contributed by atoms with Crippen molar-refractivity contribution in [3.8, 4) is 5.75 Å². The van der Waals surface area contributed by atoms with Crippen LogP contribution in [0.4, 0.5) is 4.79 Å². The summed E-state index contributed by atoms with van der Waals surface area (Å²) in [4.78, 5) is 41.8. The lowest BCUT2D eigenvalue weighted by Gasteiger charge is -2.51. The van der Waals surface area contributed by atoms with Crippen molar-refractivity contribution in [3.05, 3.63) is 78.9 Å². The molecule has 21 heteroatoms. The van der Waals surface area contributed by atoms with E-state index in [0.29, 0.717) is 44.9 Å². The maximum atomic E-state index is 14.8. The summed E-state index contributed by atoms with van der Waals surface area (Å²) in [6, 6.07) is 7.70. The number of ketones is 1. The highest BCUT2D eigenvalue weighted by atomic mass is 28.4. The van der Waals surface area contributed by atoms with Gasteiger partial charge >= 0.3 is 12.1 Å². The minimum absolute atomic E-state index is 0.0114. The second kappa shape index (κ2) is 31.3. The molecule has 29 atom stereocenters. The Labute approximate surface area is 595 Å². The van der Waals surface area contributed by atoms with Gasteiger partial charge in [0.1, 0.15) is 54.3 Å². The zero-order valence-electron chi connectivity index (χ0n) is 62.0. The van der Waals surface area contributed by atoms with Crippen LogP contribution in [0.2, 0.25) is 18.1 Å². The van der Waals surface area contributed by atoms with Crippen molar-refractivity contribution in [1.82, 2.24) is 5.32 Å². The Morgan fingerprint density at radius 1 is 0.780 bits per heavy atom. The standard InChI is InChI=1S/C79H119NO19Si/c1-17-30-86-76(84)80-41-66-47(6)36-65(98-100(15,16)77(10,11)12)69(93-66)48(7)32-53(82)31-44(3)58(87-42-51-18-21-54(85-14)22-19-51)25-20-52(81)37-61-46(5)35-63-70(92-61)50(9)71-64(91-63)39-62-49(8)43(2)33-55(89-62)23-26-59-45(4)34-57(88-59)28-29-79-40-67-78(13,99-79)75-74(95-67)73(97-79)72-60(94-75)27-24-56(90-72)38-68(83)96-71/h17-22,25,43-44,46-48,50,52,55-67,69-75,81H,1,4,8,23-24,26-42H2,2-3,5-7,9-16H3,(H,80,84)/b25-20+/t43-,44+,46-,47-,48+,50+,52?,55+,56-,57+,58-,59+,60+,61-,62-,63+,64+,65+,66-,67-,69+,70+,71-,72+,73+,74+,75-,78+,79-/m1/s1. The van der Waals surface area contributed by atoms with E-state index in [1.807, 2.05) is 37.3 Å². The molecule has 12 fully saturated rings. The summed E-state index contributed by atoms with van der Waals surface area (Å²) in [5.74, 6) is -1.04. The van der Waals surface area contributed by atoms with Crippen LogP contribution in [0, 0.1) is 35.5 Å². The highest BCUT2D eigenvalue weighted by molar-refractivity contribution is 6.74. The predicted molar refractivity (Wildman–Crippen MR) is 377 cm³/mol. The summed E-state index contributed by atoms with van der Waals surface area (Å²) in [6.45, 7) is 39.3. The number of esters is 1. The molecule has 100 heavy (non-hydrogen) atoms. The number of Topliss-reactive ketones (excluding diaryl/α,β-unsaturated/α-hetero) is 1. The number of alkyl carbamates (subject to hydrolysis) is 1. The molecular formula is C79H119NO19Si. The molecule has 0 radical (unpaired) electrons. The first-order valence-electron chi connectivity index (χ1n) is 38.0. The van der Waals surface area contributed by atoms with Crippen LogP contribution >= 0.6 is 0 Å². The predicted octanol–water partition coefficient (Wildman–Crippen LogP) is 12.5. The van der Waals surface area contributed by atoms with Gasteiger partial charge in [0.25, 0.3) is 0 Å². The van der Waals surface area contributed by atoms with Crippen LogP contribution in [-0.4, -0.2) is 191 Å². The van der Waals surface area contributed by atoms with Crippen molar-refractivity contribution < 1.29 is 90.2 Å². The molecule has 1 amide bonds. The Hall–Kier alpha value is -3.91. The van der Waals surface area contributed by atoms with E-state index >= 15 is 0 Å². The number of nitrogens with one attached hydrogen (secondary N) is 1. The molecule has 13 rings (SSSR count). The second-order valence-corrected chi connectivity index (χ2v) is 38.5. The number of hydrogen-bond donors (Lipinski definition) is 2. The largest absolute Gasteiger partial charge is 0.497 e. The van der Waals surface area contributed by atoms with Crippen molar-refractivity contribution in [2.24, 2.45) is 35.5 Å². The molecule has 0 aliphatic carbocycles. The first kappa shape index (κ1) is 75.8. The number of benzene rings is 1. The molecule has 558 valence electrons. The molecule has 1 spiro atoms. The molecule has 12 bridgehead atoms. The van der Waals surface area contributed by atoms with E-state index in [0.717, 1.165) is 54.6 Å². The van der Waals surface area contributed by atoms with Gasteiger partial charge in [-0.1, -0.05) is 112 Å². The normalized spacial score (nSPS) is 41.7. The van der Waals surface area contributed by atoms with Crippen LogP contribution in [0.1, 0.15) is 178 Å². The molecule has 0 saturated carbocycles. The van der Waals surface area contributed by atoms with E-state index in [4.69, 9.17) is 70.7 Å². The molecule has 20 nitrogen and oxygen atoms in total. The Balaban J connectivity index is 0.732. The number of fused-ring (bicyclic) bond motifs is 7. The van der Waals surface area contributed by atoms with Crippen molar-refractivity contribution in [2.45, 2.75) is 336 Å². The maximum absolute atomic E-state index is 14.8. The van der Waals surface area contributed by atoms with Gasteiger partial charge in [-0.15, -0.1) is 0 Å². The molecular weight excluding hydrogens is 1290 g/mol. The van der Waals surface area contributed by atoms with E-state index in [1.54, 1.807) is 13.2 Å². The first-order chi connectivity index (χ1) is 47.5. The topological polar surface area (TPSA) is 222 Å². The zero-order chi connectivity index (χ0) is 71.3. The number of amides is 1. The average molecular weight is 1410 g/mol. The third-order valence-electron chi connectivity index (χ3n) is 25.0. The lowest BCUT2D eigenvalue weighted by Crippen LogP contribution is -2.63. The minimum Gasteiger partial charge on any atom is -0.497 e. The Kier molecular flexibility index (Phi) is 23.7. The Morgan fingerprint density at radius 2 is 1.51 bits per heavy atom. The van der Waals surface area contributed by atoms with Gasteiger partial charge in [0.05, 0.1) is 118 Å². The van der Waals surface area contributed by atoms with Gasteiger partial charge in [0.15, 0.2) is 14.1 Å². The van der Waals surface area contributed by atoms with Crippen molar-refractivity contribution >= 4 is 26.2 Å². The summed E-state index contributed by atoms with van der Waals surface area (Å²) >= 11 is 0. The van der Waals surface area contributed by atoms with Gasteiger partial charge in [-0.2, -0.15) is 0 Å². The van der Waals surface area contributed by atoms with Crippen molar-refractivity contribution in [2.75, 3.05) is 20.3 Å². The molecule has 1 unspecified atom stereocenters. The minimum atomic E-state index is -2.27. The summed E-state index contributed by atoms with van der Waals surface area (Å²) in [5, 5.41) is 14.9. The average Bonchev–Trinajstić information content (AvgIpc) is 1.52. The number of hydrogen-bond acceptors (Lipinski definition) is 19. The van der Waals surface area contributed by atoms with Crippen LogP contribution in [-0.2, 0) is 82.2 Å². The van der Waals surface area contributed by atoms with Gasteiger partial charge in [-0.3, -0.25) is 9.59 Å². The van der Waals surface area contributed by atoms with E-state index in [-0.39, 0.29) is 171 Å². The molecule has 2 N–H and O–H groups in total. The zero-order valence-corrected chi connectivity index (χ0v) is 63.0. The number of rotatable bonds is 20. The van der Waals surface area contributed by atoms with Gasteiger partial charge in [0.2, 0.25) is 0 Å². The Bertz CT molecular complexity index is 3070. The lowest BCUT2D eigenvalue weighted by molar-refractivity contribution is -0.297. The number of aliphatic hydroxyl groups is 1. The van der Waals surface area contributed by atoms with Crippen LogP contribution in [0.25, 0.3) is 0 Å². The number of aliphatic hydroxyl groups excluding tert-OH is 1. The fraction of sp³-hybridized carbons (Fsp3) is 0.785. The molecule has 1 aromatic rings. The summed E-state index contributed by atoms with van der Waals surface area (Å²) in [7, 11) is -0.642. The number of carbonyl (C=O) groups excluding carboxylic acids is 3. The molecule has 1 aromatic carbocycles. The first-order valence-corrected chi connectivity index (χ1v) is 40.9. The summed E-state index contributed by atoms with van der Waals surface area (Å²) in [5.41, 5.74) is 2.39. The van der Waals surface area contributed by atoms with Crippen molar-refractivity contribution in [3.63, 3.8) is 0 Å². The fourth-order valence-electron chi connectivity index (χ4n) is 18.1. The maximum Gasteiger partial charge on any atom is 0.407 e. The highest BCUT2D eigenvalue weighted by Crippen LogP contribution is 2.59. The van der Waals surface area contributed by atoms with Gasteiger partial charge in [-0.25, -0.2) is 4.79 Å². The molecule has 12 aliphatic heterocycles. The summed E-state index contributed by atoms with van der Waals surface area (Å²) in [6.07, 6.45) is 5.96. The van der Waals surface area contributed by atoms with Crippen molar-refractivity contribution in [1.29, 1.82) is 0 Å². The third kappa shape index (κ3) is 16.7. The van der Waals surface area contributed by atoms with Crippen LogP contribution < -0.4 is 10.1 Å².